The summed E-state index contributed by atoms with van der Waals surface area (Å²) >= 11 is 0. The number of hydrogen-bond donors (Lipinski definition) is 1. The Kier molecular flexibility index (Phi) is 4.24. The SMILES string of the molecule is Cc1noc(C)c1CN1CCC(NC(=O)c2nn(C)c3ccccc23)C1. The highest BCUT2D eigenvalue weighted by atomic mass is 16.5. The van der Waals surface area contributed by atoms with E-state index in [1.807, 2.05) is 45.2 Å². The van der Waals surface area contributed by atoms with Crippen LogP contribution in [0.3, 0.4) is 0 Å². The molecule has 1 aliphatic rings. The van der Waals surface area contributed by atoms with E-state index in [9.17, 15) is 4.79 Å². The summed E-state index contributed by atoms with van der Waals surface area (Å²) in [6.07, 6.45) is 0.930. The lowest BCUT2D eigenvalue weighted by Crippen LogP contribution is -2.37. The van der Waals surface area contributed by atoms with E-state index >= 15 is 0 Å². The summed E-state index contributed by atoms with van der Waals surface area (Å²) in [5.74, 6) is 0.765. The topological polar surface area (TPSA) is 76.2 Å². The van der Waals surface area contributed by atoms with E-state index in [0.717, 1.165) is 54.0 Å². The van der Waals surface area contributed by atoms with E-state index in [0.29, 0.717) is 5.69 Å². The van der Waals surface area contributed by atoms with Gasteiger partial charge in [0, 0.05) is 43.7 Å². The van der Waals surface area contributed by atoms with Gasteiger partial charge < -0.3 is 9.84 Å². The quantitative estimate of drug-likeness (QED) is 0.778. The van der Waals surface area contributed by atoms with Gasteiger partial charge in [0.1, 0.15) is 5.76 Å². The van der Waals surface area contributed by atoms with Crippen molar-refractivity contribution in [2.24, 2.45) is 7.05 Å². The molecule has 0 radical (unpaired) electrons. The van der Waals surface area contributed by atoms with Gasteiger partial charge in [-0.15, -0.1) is 0 Å². The molecule has 3 aromatic rings. The zero-order chi connectivity index (χ0) is 18.3. The first-order valence-corrected chi connectivity index (χ1v) is 8.89. The molecule has 1 unspecified atom stereocenters. The molecule has 4 rings (SSSR count). The van der Waals surface area contributed by atoms with E-state index < -0.39 is 0 Å². The summed E-state index contributed by atoms with van der Waals surface area (Å²) in [4.78, 5) is 15.1. The Hall–Kier alpha value is -2.67. The molecule has 1 aromatic carbocycles. The first kappa shape index (κ1) is 16.8. The van der Waals surface area contributed by atoms with Gasteiger partial charge in [-0.2, -0.15) is 5.10 Å². The molecule has 2 aromatic heterocycles. The summed E-state index contributed by atoms with van der Waals surface area (Å²) < 4.78 is 6.99. The lowest BCUT2D eigenvalue weighted by Gasteiger charge is -2.16. The number of benzene rings is 1. The molecule has 1 atom stereocenters. The minimum absolute atomic E-state index is 0.106. The van der Waals surface area contributed by atoms with Crippen LogP contribution in [0.25, 0.3) is 10.9 Å². The number of carbonyl (C=O) groups excluding carboxylic acids is 1. The van der Waals surface area contributed by atoms with Gasteiger partial charge in [0.05, 0.1) is 11.2 Å². The fourth-order valence-electron chi connectivity index (χ4n) is 3.68. The highest BCUT2D eigenvalue weighted by molar-refractivity contribution is 6.04. The molecule has 3 heterocycles. The summed E-state index contributed by atoms with van der Waals surface area (Å²) in [6, 6.07) is 7.93. The Bertz CT molecular complexity index is 939. The van der Waals surface area contributed by atoms with Crippen molar-refractivity contribution in [2.75, 3.05) is 13.1 Å². The van der Waals surface area contributed by atoms with E-state index in [2.05, 4.69) is 20.5 Å². The highest BCUT2D eigenvalue weighted by Gasteiger charge is 2.27. The smallest absolute Gasteiger partial charge is 0.272 e. The van der Waals surface area contributed by atoms with Gasteiger partial charge in [-0.05, 0) is 26.3 Å². The second-order valence-electron chi connectivity index (χ2n) is 6.99. The monoisotopic (exact) mass is 353 g/mol. The van der Waals surface area contributed by atoms with Crippen molar-refractivity contribution in [3.05, 3.63) is 47.0 Å². The van der Waals surface area contributed by atoms with Crippen LogP contribution in [0.15, 0.2) is 28.8 Å². The average molecular weight is 353 g/mol. The Labute approximate surface area is 151 Å². The van der Waals surface area contributed by atoms with Crippen molar-refractivity contribution in [2.45, 2.75) is 32.9 Å². The minimum Gasteiger partial charge on any atom is -0.361 e. The molecule has 0 saturated carbocycles. The number of nitrogens with zero attached hydrogens (tertiary/aromatic N) is 4. The number of rotatable bonds is 4. The van der Waals surface area contributed by atoms with Crippen LogP contribution < -0.4 is 5.32 Å². The molecule has 0 bridgehead atoms. The predicted molar refractivity (Wildman–Crippen MR) is 97.8 cm³/mol. The molecule has 136 valence electrons. The summed E-state index contributed by atoms with van der Waals surface area (Å²) in [7, 11) is 1.86. The molecule has 0 spiro atoms. The first-order valence-electron chi connectivity index (χ1n) is 8.89. The van der Waals surface area contributed by atoms with E-state index in [1.165, 1.54) is 0 Å². The fourth-order valence-corrected chi connectivity index (χ4v) is 3.68. The molecular formula is C19H23N5O2. The maximum absolute atomic E-state index is 12.7. The molecule has 26 heavy (non-hydrogen) atoms. The maximum Gasteiger partial charge on any atom is 0.272 e. The number of para-hydroxylation sites is 1. The molecule has 1 N–H and O–H groups in total. The van der Waals surface area contributed by atoms with Crippen LogP contribution in [0.4, 0.5) is 0 Å². The zero-order valence-corrected chi connectivity index (χ0v) is 15.3. The number of aromatic nitrogens is 3. The standard InChI is InChI=1S/C19H23N5O2/c1-12-16(13(2)26-22-12)11-24-9-8-14(10-24)20-19(25)18-15-6-4-5-7-17(15)23(3)21-18/h4-7,14H,8-11H2,1-3H3,(H,20,25). The Morgan fingerprint density at radius 3 is 2.92 bits per heavy atom. The van der Waals surface area contributed by atoms with Crippen LogP contribution in [0.2, 0.25) is 0 Å². The van der Waals surface area contributed by atoms with Gasteiger partial charge in [0.2, 0.25) is 0 Å². The summed E-state index contributed by atoms with van der Waals surface area (Å²) in [5.41, 5.74) is 3.54. The number of carbonyl (C=O) groups is 1. The predicted octanol–water partition coefficient (Wildman–Crippen LogP) is 2.18. The molecule has 7 nitrogen and oxygen atoms in total. The second kappa shape index (κ2) is 6.57. The normalized spacial score (nSPS) is 17.9. The molecular weight excluding hydrogens is 330 g/mol. The van der Waals surface area contributed by atoms with Gasteiger partial charge in [-0.3, -0.25) is 14.4 Å². The van der Waals surface area contributed by atoms with Crippen LogP contribution in [-0.4, -0.2) is 44.9 Å². The molecule has 1 saturated heterocycles. The van der Waals surface area contributed by atoms with Crippen molar-refractivity contribution < 1.29 is 9.32 Å². The van der Waals surface area contributed by atoms with Gasteiger partial charge in [0.25, 0.3) is 5.91 Å². The number of hydrogen-bond acceptors (Lipinski definition) is 5. The van der Waals surface area contributed by atoms with Crippen LogP contribution in [0.1, 0.15) is 33.9 Å². The average Bonchev–Trinajstić information content (AvgIpc) is 3.30. The van der Waals surface area contributed by atoms with Crippen LogP contribution >= 0.6 is 0 Å². The number of likely N-dealkylation sites (tertiary alicyclic amines) is 1. The largest absolute Gasteiger partial charge is 0.361 e. The Balaban J connectivity index is 1.43. The molecule has 0 aliphatic carbocycles. The van der Waals surface area contributed by atoms with Crippen molar-refractivity contribution in [1.82, 2.24) is 25.2 Å². The number of aryl methyl sites for hydroxylation is 3. The van der Waals surface area contributed by atoms with E-state index in [1.54, 1.807) is 4.68 Å². The third-order valence-corrected chi connectivity index (χ3v) is 5.14. The maximum atomic E-state index is 12.7. The van der Waals surface area contributed by atoms with E-state index in [-0.39, 0.29) is 11.9 Å². The third-order valence-electron chi connectivity index (χ3n) is 5.14. The Morgan fingerprint density at radius 1 is 1.35 bits per heavy atom. The van der Waals surface area contributed by atoms with Gasteiger partial charge in [-0.25, -0.2) is 0 Å². The van der Waals surface area contributed by atoms with Crippen LogP contribution in [0, 0.1) is 13.8 Å². The van der Waals surface area contributed by atoms with E-state index in [4.69, 9.17) is 4.52 Å². The van der Waals surface area contributed by atoms with Crippen molar-refractivity contribution >= 4 is 16.8 Å². The van der Waals surface area contributed by atoms with Gasteiger partial charge >= 0.3 is 0 Å². The molecule has 1 aliphatic heterocycles. The highest BCUT2D eigenvalue weighted by Crippen LogP contribution is 2.20. The molecule has 7 heteroatoms. The van der Waals surface area contributed by atoms with Crippen LogP contribution in [0.5, 0.6) is 0 Å². The number of nitrogens with one attached hydrogen (secondary N) is 1. The summed E-state index contributed by atoms with van der Waals surface area (Å²) in [6.45, 7) is 6.47. The number of amides is 1. The lowest BCUT2D eigenvalue weighted by atomic mass is 10.2. The van der Waals surface area contributed by atoms with Crippen LogP contribution in [-0.2, 0) is 13.6 Å². The van der Waals surface area contributed by atoms with Crippen molar-refractivity contribution in [1.29, 1.82) is 0 Å². The van der Waals surface area contributed by atoms with Gasteiger partial charge in [-0.1, -0.05) is 23.4 Å². The third kappa shape index (κ3) is 2.99. The molecule has 1 amide bonds. The first-order chi connectivity index (χ1) is 12.5. The van der Waals surface area contributed by atoms with Gasteiger partial charge in [0.15, 0.2) is 5.69 Å². The van der Waals surface area contributed by atoms with Crippen molar-refractivity contribution in [3.63, 3.8) is 0 Å². The lowest BCUT2D eigenvalue weighted by molar-refractivity contribution is 0.0933. The summed E-state index contributed by atoms with van der Waals surface area (Å²) in [5, 5.41) is 12.5. The second-order valence-corrected chi connectivity index (χ2v) is 6.99. The zero-order valence-electron chi connectivity index (χ0n) is 15.3. The molecule has 1 fully saturated rings. The Morgan fingerprint density at radius 2 is 2.15 bits per heavy atom. The fraction of sp³-hybridized carbons (Fsp3) is 0.421. The van der Waals surface area contributed by atoms with Crippen molar-refractivity contribution in [3.8, 4) is 0 Å². The minimum atomic E-state index is -0.106. The number of fused-ring (bicyclic) bond motifs is 1.